The lowest BCUT2D eigenvalue weighted by atomic mass is 9.89. The van der Waals surface area contributed by atoms with Crippen LogP contribution in [0.2, 0.25) is 0 Å². The van der Waals surface area contributed by atoms with Crippen molar-refractivity contribution in [2.24, 2.45) is 0 Å². The number of rotatable bonds is 2. The zero-order valence-electron chi connectivity index (χ0n) is 13.7. The molecule has 1 aliphatic rings. The summed E-state index contributed by atoms with van der Waals surface area (Å²) in [5, 5.41) is 0. The van der Waals surface area contributed by atoms with Crippen LogP contribution in [-0.2, 0) is 14.9 Å². The summed E-state index contributed by atoms with van der Waals surface area (Å²) in [6.07, 6.45) is 0.913. The Balaban J connectivity index is 2.07. The molecule has 128 valence electrons. The lowest BCUT2D eigenvalue weighted by Gasteiger charge is -2.34. The van der Waals surface area contributed by atoms with Crippen LogP contribution in [0.3, 0.4) is 0 Å². The van der Waals surface area contributed by atoms with Gasteiger partial charge in [0.25, 0.3) is 10.1 Å². The third-order valence-electron chi connectivity index (χ3n) is 3.78. The van der Waals surface area contributed by atoms with E-state index in [1.54, 1.807) is 23.1 Å². The summed E-state index contributed by atoms with van der Waals surface area (Å²) in [5.74, 6) is -0.00758. The maximum atomic E-state index is 12.1. The van der Waals surface area contributed by atoms with Gasteiger partial charge in [0.2, 0.25) is 0 Å². The maximum absolute atomic E-state index is 12.1. The standard InChI is InChI=1S/C16H23NO5S/c1-16(2,3)22-15(18)17-10-8-12(9-11-17)13-6-4-5-7-14(13)23(19,20)21/h4-7,12H,8-11H2,1-3H3,(H,19,20,21). The zero-order chi connectivity index (χ0) is 17.3. The molecule has 1 heterocycles. The summed E-state index contributed by atoms with van der Waals surface area (Å²) in [4.78, 5) is 13.6. The number of hydrogen-bond donors (Lipinski definition) is 1. The second kappa shape index (κ2) is 6.49. The summed E-state index contributed by atoms with van der Waals surface area (Å²) in [5.41, 5.74) is 0.0738. The smallest absolute Gasteiger partial charge is 0.410 e. The molecule has 23 heavy (non-hydrogen) atoms. The predicted octanol–water partition coefficient (Wildman–Crippen LogP) is 3.05. The van der Waals surface area contributed by atoms with E-state index in [0.29, 0.717) is 31.5 Å². The Morgan fingerprint density at radius 1 is 1.22 bits per heavy atom. The molecule has 7 heteroatoms. The van der Waals surface area contributed by atoms with Gasteiger partial charge in [-0.25, -0.2) is 4.79 Å². The monoisotopic (exact) mass is 341 g/mol. The number of likely N-dealkylation sites (tertiary alicyclic amines) is 1. The molecule has 0 aliphatic carbocycles. The van der Waals surface area contributed by atoms with Crippen molar-refractivity contribution in [3.63, 3.8) is 0 Å². The van der Waals surface area contributed by atoms with Gasteiger partial charge in [-0.05, 0) is 51.2 Å². The molecule has 0 radical (unpaired) electrons. The Labute approximate surface area is 137 Å². The van der Waals surface area contributed by atoms with Crippen molar-refractivity contribution < 1.29 is 22.5 Å². The van der Waals surface area contributed by atoms with Crippen LogP contribution in [0.4, 0.5) is 4.79 Å². The first-order valence-electron chi connectivity index (χ1n) is 7.62. The van der Waals surface area contributed by atoms with Crippen molar-refractivity contribution in [1.29, 1.82) is 0 Å². The average molecular weight is 341 g/mol. The van der Waals surface area contributed by atoms with E-state index in [4.69, 9.17) is 4.74 Å². The second-order valence-corrected chi connectivity index (χ2v) is 8.14. The number of ether oxygens (including phenoxy) is 1. The third kappa shape index (κ3) is 4.68. The Morgan fingerprint density at radius 2 is 1.78 bits per heavy atom. The molecule has 1 amide bonds. The number of hydrogen-bond acceptors (Lipinski definition) is 4. The van der Waals surface area contributed by atoms with Gasteiger partial charge < -0.3 is 9.64 Å². The first kappa shape index (κ1) is 17.7. The van der Waals surface area contributed by atoms with Crippen LogP contribution in [0.25, 0.3) is 0 Å². The number of benzene rings is 1. The van der Waals surface area contributed by atoms with Crippen LogP contribution in [0, 0.1) is 0 Å². The number of nitrogens with zero attached hydrogens (tertiary/aromatic N) is 1. The van der Waals surface area contributed by atoms with Crippen LogP contribution in [0.5, 0.6) is 0 Å². The SMILES string of the molecule is CC(C)(C)OC(=O)N1CCC(c2ccccc2S(=O)(=O)O)CC1. The third-order valence-corrected chi connectivity index (χ3v) is 4.71. The average Bonchev–Trinajstić information content (AvgIpc) is 2.45. The van der Waals surface area contributed by atoms with Crippen LogP contribution in [0.15, 0.2) is 29.2 Å². The van der Waals surface area contributed by atoms with Gasteiger partial charge in [-0.2, -0.15) is 8.42 Å². The Kier molecular flexibility index (Phi) is 5.01. The fourth-order valence-corrected chi connectivity index (χ4v) is 3.54. The molecule has 0 atom stereocenters. The number of piperidine rings is 1. The molecule has 6 nitrogen and oxygen atoms in total. The van der Waals surface area contributed by atoms with Crippen LogP contribution < -0.4 is 0 Å². The summed E-state index contributed by atoms with van der Waals surface area (Å²) in [7, 11) is -4.24. The highest BCUT2D eigenvalue weighted by molar-refractivity contribution is 7.85. The Hall–Kier alpha value is -1.60. The minimum Gasteiger partial charge on any atom is -0.444 e. The highest BCUT2D eigenvalue weighted by atomic mass is 32.2. The fourth-order valence-electron chi connectivity index (χ4n) is 2.75. The zero-order valence-corrected chi connectivity index (χ0v) is 14.5. The van der Waals surface area contributed by atoms with Gasteiger partial charge in [-0.15, -0.1) is 0 Å². The molecule has 0 bridgehead atoms. The minimum absolute atomic E-state index is 0.00758. The normalized spacial score (nSPS) is 17.1. The summed E-state index contributed by atoms with van der Waals surface area (Å²) < 4.78 is 37.7. The Morgan fingerprint density at radius 3 is 2.30 bits per heavy atom. The van der Waals surface area contributed by atoms with E-state index in [1.807, 2.05) is 20.8 Å². The lowest BCUT2D eigenvalue weighted by Crippen LogP contribution is -2.41. The van der Waals surface area contributed by atoms with Gasteiger partial charge in [0.05, 0.1) is 4.90 Å². The lowest BCUT2D eigenvalue weighted by molar-refractivity contribution is 0.0204. The molecule has 0 saturated carbocycles. The first-order chi connectivity index (χ1) is 10.6. The van der Waals surface area contributed by atoms with E-state index in [-0.39, 0.29) is 16.9 Å². The number of amides is 1. The van der Waals surface area contributed by atoms with Crippen molar-refractivity contribution >= 4 is 16.2 Å². The highest BCUT2D eigenvalue weighted by Gasteiger charge is 2.29. The quantitative estimate of drug-likeness (QED) is 0.836. The molecule has 1 aromatic rings. The van der Waals surface area contributed by atoms with Crippen LogP contribution >= 0.6 is 0 Å². The molecule has 0 unspecified atom stereocenters. The number of carbonyl (C=O) groups is 1. The van der Waals surface area contributed by atoms with Crippen LogP contribution in [-0.4, -0.2) is 42.7 Å². The topological polar surface area (TPSA) is 83.9 Å². The number of carbonyl (C=O) groups excluding carboxylic acids is 1. The predicted molar refractivity (Wildman–Crippen MR) is 86.0 cm³/mol. The van der Waals surface area contributed by atoms with E-state index in [0.717, 1.165) is 0 Å². The molecule has 2 rings (SSSR count). The summed E-state index contributed by atoms with van der Waals surface area (Å²) in [6.45, 7) is 6.46. The molecular weight excluding hydrogens is 318 g/mol. The molecule has 1 aromatic carbocycles. The first-order valence-corrected chi connectivity index (χ1v) is 9.06. The maximum Gasteiger partial charge on any atom is 0.410 e. The molecule has 1 saturated heterocycles. The van der Waals surface area contributed by atoms with Crippen LogP contribution in [0.1, 0.15) is 45.1 Å². The molecule has 0 spiro atoms. The molecule has 1 fully saturated rings. The molecular formula is C16H23NO5S. The van der Waals surface area contributed by atoms with E-state index < -0.39 is 15.7 Å². The van der Waals surface area contributed by atoms with E-state index >= 15 is 0 Å². The minimum atomic E-state index is -4.24. The van der Waals surface area contributed by atoms with Crippen molar-refractivity contribution in [3.8, 4) is 0 Å². The Bertz CT molecular complexity index is 670. The molecule has 1 N–H and O–H groups in total. The van der Waals surface area contributed by atoms with Crippen molar-refractivity contribution in [3.05, 3.63) is 29.8 Å². The van der Waals surface area contributed by atoms with Crippen molar-refractivity contribution in [1.82, 2.24) is 4.90 Å². The van der Waals surface area contributed by atoms with Gasteiger partial charge in [-0.3, -0.25) is 4.55 Å². The van der Waals surface area contributed by atoms with Gasteiger partial charge in [-0.1, -0.05) is 18.2 Å². The van der Waals surface area contributed by atoms with Gasteiger partial charge >= 0.3 is 6.09 Å². The van der Waals surface area contributed by atoms with E-state index in [1.165, 1.54) is 6.07 Å². The van der Waals surface area contributed by atoms with E-state index in [9.17, 15) is 17.8 Å². The molecule has 1 aliphatic heterocycles. The van der Waals surface area contributed by atoms with Crippen molar-refractivity contribution in [2.45, 2.75) is 50.0 Å². The van der Waals surface area contributed by atoms with Gasteiger partial charge in [0.1, 0.15) is 5.60 Å². The fraction of sp³-hybridized carbons (Fsp3) is 0.562. The molecule has 0 aromatic heterocycles. The van der Waals surface area contributed by atoms with E-state index in [2.05, 4.69) is 0 Å². The van der Waals surface area contributed by atoms with Crippen molar-refractivity contribution in [2.75, 3.05) is 13.1 Å². The van der Waals surface area contributed by atoms with Gasteiger partial charge in [0.15, 0.2) is 0 Å². The van der Waals surface area contributed by atoms with Gasteiger partial charge in [0, 0.05) is 13.1 Å². The highest BCUT2D eigenvalue weighted by Crippen LogP contribution is 2.32. The summed E-state index contributed by atoms with van der Waals surface area (Å²) in [6, 6.07) is 6.47. The second-order valence-electron chi connectivity index (χ2n) is 6.75. The largest absolute Gasteiger partial charge is 0.444 e. The summed E-state index contributed by atoms with van der Waals surface area (Å²) >= 11 is 0.